The molecule has 3 rings (SSSR count). The van der Waals surface area contributed by atoms with E-state index in [1.165, 1.54) is 0 Å². The highest BCUT2D eigenvalue weighted by molar-refractivity contribution is 5.81. The Morgan fingerprint density at radius 2 is 2.19 bits per heavy atom. The molecule has 1 N–H and O–H groups in total. The number of methoxy groups -OCH3 is 1. The van der Waals surface area contributed by atoms with Crippen LogP contribution in [0.4, 0.5) is 0 Å². The van der Waals surface area contributed by atoms with Gasteiger partial charge in [-0.2, -0.15) is 0 Å². The Morgan fingerprint density at radius 1 is 1.42 bits per heavy atom. The number of fused-ring (bicyclic) bond motifs is 1. The fourth-order valence-corrected chi connectivity index (χ4v) is 4.24. The lowest BCUT2D eigenvalue weighted by molar-refractivity contribution is -0.157. The molecular weight excluding hydrogens is 334 g/mol. The minimum Gasteiger partial charge on any atom is -0.496 e. The Balaban J connectivity index is 1.62. The number of rotatable bonds is 6. The molecule has 0 radical (unpaired) electrons. The Bertz CT molecular complexity index is 676. The van der Waals surface area contributed by atoms with Crippen LogP contribution in [0.2, 0.25) is 0 Å². The molecule has 0 bridgehead atoms. The van der Waals surface area contributed by atoms with E-state index in [2.05, 4.69) is 0 Å². The number of carbonyl (C=O) groups is 2. The summed E-state index contributed by atoms with van der Waals surface area (Å²) >= 11 is 0. The molecule has 0 aliphatic carbocycles. The zero-order chi connectivity index (χ0) is 18.7. The van der Waals surface area contributed by atoms with Gasteiger partial charge >= 0.3 is 5.97 Å². The normalized spacial score (nSPS) is 26.2. The van der Waals surface area contributed by atoms with Crippen molar-refractivity contribution in [3.05, 3.63) is 29.8 Å². The molecule has 6 nitrogen and oxygen atoms in total. The topological polar surface area (TPSA) is 76.1 Å². The first kappa shape index (κ1) is 18.7. The van der Waals surface area contributed by atoms with Crippen LogP contribution in [0.25, 0.3) is 0 Å². The zero-order valence-electron chi connectivity index (χ0n) is 15.4. The number of benzene rings is 1. The smallest absolute Gasteiger partial charge is 0.311 e. The maximum Gasteiger partial charge on any atom is 0.311 e. The predicted octanol–water partition coefficient (Wildman–Crippen LogP) is 2.21. The largest absolute Gasteiger partial charge is 0.496 e. The van der Waals surface area contributed by atoms with Gasteiger partial charge in [-0.25, -0.2) is 0 Å². The van der Waals surface area contributed by atoms with Gasteiger partial charge in [-0.15, -0.1) is 0 Å². The van der Waals surface area contributed by atoms with Crippen LogP contribution in [-0.2, 0) is 20.7 Å². The first-order valence-corrected chi connectivity index (χ1v) is 9.17. The third kappa shape index (κ3) is 3.56. The van der Waals surface area contributed by atoms with Crippen molar-refractivity contribution in [1.82, 2.24) is 4.90 Å². The second-order valence-corrected chi connectivity index (χ2v) is 7.58. The summed E-state index contributed by atoms with van der Waals surface area (Å²) in [7, 11) is 1.65. The van der Waals surface area contributed by atoms with Crippen LogP contribution in [0.15, 0.2) is 24.3 Å². The number of ether oxygens (including phenoxy) is 2. The molecule has 6 heteroatoms. The van der Waals surface area contributed by atoms with Gasteiger partial charge in [-0.05, 0) is 30.4 Å². The molecule has 2 heterocycles. The first-order valence-electron chi connectivity index (χ1n) is 9.17. The highest BCUT2D eigenvalue weighted by Crippen LogP contribution is 2.42. The Hall–Kier alpha value is -2.08. The average molecular weight is 361 g/mol. The third-order valence-corrected chi connectivity index (χ3v) is 5.77. The minimum absolute atomic E-state index is 0.0300. The number of likely N-dealkylation sites (tertiary alicyclic amines) is 1. The van der Waals surface area contributed by atoms with Crippen LogP contribution in [-0.4, -0.2) is 55.3 Å². The van der Waals surface area contributed by atoms with Crippen molar-refractivity contribution in [2.75, 3.05) is 33.4 Å². The summed E-state index contributed by atoms with van der Waals surface area (Å²) in [6.45, 7) is 3.70. The monoisotopic (exact) mass is 361 g/mol. The van der Waals surface area contributed by atoms with Crippen LogP contribution >= 0.6 is 0 Å². The molecule has 2 fully saturated rings. The summed E-state index contributed by atoms with van der Waals surface area (Å²) < 4.78 is 10.8. The molecule has 26 heavy (non-hydrogen) atoms. The highest BCUT2D eigenvalue weighted by Gasteiger charge is 2.54. The first-order chi connectivity index (χ1) is 12.5. The van der Waals surface area contributed by atoms with E-state index in [0.717, 1.165) is 17.7 Å². The molecule has 2 saturated heterocycles. The van der Waals surface area contributed by atoms with Crippen LogP contribution in [0.5, 0.6) is 5.75 Å². The molecule has 1 amide bonds. The number of amides is 1. The van der Waals surface area contributed by atoms with Gasteiger partial charge in [0, 0.05) is 32.0 Å². The average Bonchev–Trinajstić information content (AvgIpc) is 3.03. The molecule has 2 aliphatic heterocycles. The molecule has 3 atom stereocenters. The number of carboxylic acids is 1. The Labute approximate surface area is 154 Å². The van der Waals surface area contributed by atoms with E-state index in [4.69, 9.17) is 9.47 Å². The number of para-hydroxylation sites is 1. The van der Waals surface area contributed by atoms with Gasteiger partial charge in [-0.1, -0.05) is 25.1 Å². The maximum absolute atomic E-state index is 12.8. The molecule has 0 aromatic heterocycles. The fraction of sp³-hybridized carbons (Fsp3) is 0.600. The molecular formula is C20H27NO5. The Kier molecular flexibility index (Phi) is 5.51. The van der Waals surface area contributed by atoms with Gasteiger partial charge in [0.05, 0.1) is 19.1 Å². The Morgan fingerprint density at radius 3 is 2.88 bits per heavy atom. The summed E-state index contributed by atoms with van der Waals surface area (Å²) in [5.41, 5.74) is 0.251. The standard InChI is InChI=1S/C20H27NO5/c1-14(9-15-5-3-4-6-17(15)25-2)10-18(22)21-11-16-12-26-8-7-20(16,13-21)19(23)24/h3-6,14,16H,7-13H2,1-2H3,(H,23,24)/t14?,16-,20+/m0/s1. The summed E-state index contributed by atoms with van der Waals surface area (Å²) in [4.78, 5) is 26.4. The summed E-state index contributed by atoms with van der Waals surface area (Å²) in [6.07, 6.45) is 1.63. The lowest BCUT2D eigenvalue weighted by Crippen LogP contribution is -2.45. The van der Waals surface area contributed by atoms with E-state index in [-0.39, 0.29) is 17.7 Å². The van der Waals surface area contributed by atoms with Crippen molar-refractivity contribution in [2.45, 2.75) is 26.2 Å². The summed E-state index contributed by atoms with van der Waals surface area (Å²) in [5.74, 6) is 0.104. The van der Waals surface area contributed by atoms with Crippen molar-refractivity contribution in [2.24, 2.45) is 17.3 Å². The van der Waals surface area contributed by atoms with Crippen molar-refractivity contribution < 1.29 is 24.2 Å². The van der Waals surface area contributed by atoms with Crippen molar-refractivity contribution in [1.29, 1.82) is 0 Å². The van der Waals surface area contributed by atoms with Crippen LogP contribution in [0.3, 0.4) is 0 Å². The number of hydrogen-bond donors (Lipinski definition) is 1. The number of nitrogens with zero attached hydrogens (tertiary/aromatic N) is 1. The van der Waals surface area contributed by atoms with E-state index in [1.54, 1.807) is 12.0 Å². The lowest BCUT2D eigenvalue weighted by atomic mass is 9.74. The molecule has 142 valence electrons. The van der Waals surface area contributed by atoms with E-state index in [1.807, 2.05) is 31.2 Å². The second kappa shape index (κ2) is 7.66. The number of carbonyl (C=O) groups excluding carboxylic acids is 1. The van der Waals surface area contributed by atoms with E-state index in [9.17, 15) is 14.7 Å². The van der Waals surface area contributed by atoms with Gasteiger partial charge in [0.15, 0.2) is 0 Å². The summed E-state index contributed by atoms with van der Waals surface area (Å²) in [5, 5.41) is 9.73. The second-order valence-electron chi connectivity index (χ2n) is 7.58. The predicted molar refractivity (Wildman–Crippen MR) is 96.1 cm³/mol. The van der Waals surface area contributed by atoms with Crippen molar-refractivity contribution in [3.63, 3.8) is 0 Å². The molecule has 0 saturated carbocycles. The van der Waals surface area contributed by atoms with Crippen molar-refractivity contribution in [3.8, 4) is 5.75 Å². The molecule has 1 aromatic carbocycles. The number of hydrogen-bond acceptors (Lipinski definition) is 4. The van der Waals surface area contributed by atoms with Crippen LogP contribution in [0.1, 0.15) is 25.3 Å². The lowest BCUT2D eigenvalue weighted by Gasteiger charge is -2.33. The van der Waals surface area contributed by atoms with Crippen LogP contribution in [0, 0.1) is 17.3 Å². The highest BCUT2D eigenvalue weighted by atomic mass is 16.5. The van der Waals surface area contributed by atoms with E-state index in [0.29, 0.717) is 39.1 Å². The van der Waals surface area contributed by atoms with Gasteiger partial charge in [-0.3, -0.25) is 9.59 Å². The van der Waals surface area contributed by atoms with E-state index >= 15 is 0 Å². The SMILES string of the molecule is COc1ccccc1CC(C)CC(=O)N1C[C@H]2COCC[C@@]2(C(=O)O)C1. The third-order valence-electron chi connectivity index (χ3n) is 5.77. The van der Waals surface area contributed by atoms with Gasteiger partial charge in [0.25, 0.3) is 0 Å². The summed E-state index contributed by atoms with van der Waals surface area (Å²) in [6, 6.07) is 7.83. The molecule has 0 spiro atoms. The zero-order valence-corrected chi connectivity index (χ0v) is 15.4. The molecule has 2 aliphatic rings. The van der Waals surface area contributed by atoms with E-state index < -0.39 is 11.4 Å². The quantitative estimate of drug-likeness (QED) is 0.841. The maximum atomic E-state index is 12.8. The van der Waals surface area contributed by atoms with Gasteiger partial charge in [0.2, 0.25) is 5.91 Å². The number of carboxylic acid groups (broad SMARTS) is 1. The molecule has 1 aromatic rings. The minimum atomic E-state index is -0.834. The van der Waals surface area contributed by atoms with Gasteiger partial charge in [0.1, 0.15) is 5.75 Å². The van der Waals surface area contributed by atoms with Gasteiger partial charge < -0.3 is 19.5 Å². The molecule has 1 unspecified atom stereocenters. The fourth-order valence-electron chi connectivity index (χ4n) is 4.24. The number of aliphatic carboxylic acids is 1. The van der Waals surface area contributed by atoms with Crippen LogP contribution < -0.4 is 4.74 Å². The van der Waals surface area contributed by atoms with Crippen molar-refractivity contribution >= 4 is 11.9 Å².